The Kier molecular flexibility index (Phi) is 3.54. The van der Waals surface area contributed by atoms with Crippen molar-refractivity contribution >= 4 is 11.6 Å². The summed E-state index contributed by atoms with van der Waals surface area (Å²) in [6, 6.07) is 3.74. The third-order valence-electron chi connectivity index (χ3n) is 2.15. The second-order valence-electron chi connectivity index (χ2n) is 3.51. The monoisotopic (exact) mass is 249 g/mol. The van der Waals surface area contributed by atoms with E-state index < -0.39 is 0 Å². The lowest BCUT2D eigenvalue weighted by Crippen LogP contribution is -1.94. The van der Waals surface area contributed by atoms with Crippen molar-refractivity contribution in [3.63, 3.8) is 0 Å². The molecule has 2 aromatic rings. The fourth-order valence-electron chi connectivity index (χ4n) is 1.48. The van der Waals surface area contributed by atoms with Gasteiger partial charge in [-0.3, -0.25) is 4.98 Å². The minimum Gasteiger partial charge on any atom is -0.492 e. The maximum atomic E-state index is 5.83. The van der Waals surface area contributed by atoms with Gasteiger partial charge in [0.15, 0.2) is 0 Å². The Labute approximate surface area is 105 Å². The highest BCUT2D eigenvalue weighted by Gasteiger charge is 2.05. The number of pyridine rings is 1. The molecule has 0 spiro atoms. The molecule has 0 aliphatic heterocycles. The van der Waals surface area contributed by atoms with E-state index in [1.54, 1.807) is 12.4 Å². The van der Waals surface area contributed by atoms with E-state index in [-0.39, 0.29) is 5.28 Å². The molecule has 0 radical (unpaired) electrons. The normalized spacial score (nSPS) is 10.3. The van der Waals surface area contributed by atoms with E-state index >= 15 is 0 Å². The molecule has 0 unspecified atom stereocenters. The summed E-state index contributed by atoms with van der Waals surface area (Å²) in [6.45, 7) is 4.41. The fraction of sp³-hybridized carbons (Fsp3) is 0.250. The third kappa shape index (κ3) is 2.91. The average Bonchev–Trinajstić information content (AvgIpc) is 2.28. The van der Waals surface area contributed by atoms with Crippen LogP contribution in [0, 0.1) is 6.92 Å². The lowest BCUT2D eigenvalue weighted by Gasteiger charge is -2.05. The Balaban J connectivity index is 2.41. The quantitative estimate of drug-likeness (QED) is 0.785. The van der Waals surface area contributed by atoms with Crippen LogP contribution in [0.3, 0.4) is 0 Å². The smallest absolute Gasteiger partial charge is 0.223 e. The van der Waals surface area contributed by atoms with Crippen molar-refractivity contribution < 1.29 is 4.74 Å². The molecular formula is C12H12ClN3O. The molecule has 2 heterocycles. The van der Waals surface area contributed by atoms with E-state index in [0.29, 0.717) is 6.61 Å². The summed E-state index contributed by atoms with van der Waals surface area (Å²) in [5.41, 5.74) is 2.43. The molecule has 5 heteroatoms. The molecule has 0 aliphatic carbocycles. The zero-order valence-electron chi connectivity index (χ0n) is 9.64. The van der Waals surface area contributed by atoms with Crippen LogP contribution in [0.15, 0.2) is 24.5 Å². The molecule has 0 atom stereocenters. The number of hydrogen-bond donors (Lipinski definition) is 0. The number of ether oxygens (including phenoxy) is 1. The van der Waals surface area contributed by atoms with Crippen molar-refractivity contribution in [3.05, 3.63) is 35.5 Å². The standard InChI is InChI=1S/C12H12ClN3O/c1-3-17-10-5-9(6-14-7-10)11-4-8(2)15-12(13)16-11/h4-7H,3H2,1-2H3. The van der Waals surface area contributed by atoms with Gasteiger partial charge in [-0.15, -0.1) is 0 Å². The number of aryl methyl sites for hydroxylation is 1. The van der Waals surface area contributed by atoms with Crippen LogP contribution in [-0.2, 0) is 0 Å². The van der Waals surface area contributed by atoms with Crippen LogP contribution in [0.25, 0.3) is 11.3 Å². The number of halogens is 1. The van der Waals surface area contributed by atoms with Crippen molar-refractivity contribution in [1.82, 2.24) is 15.0 Å². The largest absolute Gasteiger partial charge is 0.492 e. The summed E-state index contributed by atoms with van der Waals surface area (Å²) in [6.07, 6.45) is 3.39. The SMILES string of the molecule is CCOc1cncc(-c2cc(C)nc(Cl)n2)c1. The lowest BCUT2D eigenvalue weighted by molar-refractivity contribution is 0.339. The molecule has 0 aliphatic rings. The molecule has 2 rings (SSSR count). The van der Waals surface area contributed by atoms with Gasteiger partial charge in [-0.2, -0.15) is 0 Å². The molecule has 0 amide bonds. The van der Waals surface area contributed by atoms with Crippen LogP contribution in [0.4, 0.5) is 0 Å². The first-order valence-electron chi connectivity index (χ1n) is 5.28. The Morgan fingerprint density at radius 3 is 2.76 bits per heavy atom. The Morgan fingerprint density at radius 2 is 2.06 bits per heavy atom. The minimum atomic E-state index is 0.238. The highest BCUT2D eigenvalue weighted by atomic mass is 35.5. The number of aromatic nitrogens is 3. The topological polar surface area (TPSA) is 47.9 Å². The highest BCUT2D eigenvalue weighted by Crippen LogP contribution is 2.22. The second-order valence-corrected chi connectivity index (χ2v) is 3.84. The van der Waals surface area contributed by atoms with Gasteiger partial charge in [0.25, 0.3) is 0 Å². The van der Waals surface area contributed by atoms with E-state index in [9.17, 15) is 0 Å². The number of nitrogens with zero attached hydrogens (tertiary/aromatic N) is 3. The summed E-state index contributed by atoms with van der Waals surface area (Å²) < 4.78 is 5.39. The predicted octanol–water partition coefficient (Wildman–Crippen LogP) is 2.90. The molecule has 4 nitrogen and oxygen atoms in total. The molecule has 2 aromatic heterocycles. The maximum Gasteiger partial charge on any atom is 0.223 e. The van der Waals surface area contributed by atoms with Gasteiger partial charge in [0, 0.05) is 17.5 Å². The Bertz CT molecular complexity index is 511. The third-order valence-corrected chi connectivity index (χ3v) is 2.32. The van der Waals surface area contributed by atoms with Crippen molar-refractivity contribution in [2.24, 2.45) is 0 Å². The maximum absolute atomic E-state index is 5.83. The van der Waals surface area contributed by atoms with E-state index in [1.807, 2.05) is 26.0 Å². The van der Waals surface area contributed by atoms with E-state index in [0.717, 1.165) is 22.7 Å². The predicted molar refractivity (Wildman–Crippen MR) is 66.2 cm³/mol. The zero-order chi connectivity index (χ0) is 12.3. The first-order valence-corrected chi connectivity index (χ1v) is 5.66. The molecule has 0 N–H and O–H groups in total. The summed E-state index contributed by atoms with van der Waals surface area (Å²) in [7, 11) is 0. The molecule has 88 valence electrons. The Morgan fingerprint density at radius 1 is 1.24 bits per heavy atom. The van der Waals surface area contributed by atoms with Crippen molar-refractivity contribution in [2.75, 3.05) is 6.61 Å². The van der Waals surface area contributed by atoms with Crippen molar-refractivity contribution in [1.29, 1.82) is 0 Å². The molecule has 0 bridgehead atoms. The average molecular weight is 250 g/mol. The van der Waals surface area contributed by atoms with Gasteiger partial charge in [-0.25, -0.2) is 9.97 Å². The van der Waals surface area contributed by atoms with Crippen LogP contribution in [0.5, 0.6) is 5.75 Å². The molecule has 0 saturated heterocycles. The Hall–Kier alpha value is -1.68. The summed E-state index contributed by atoms with van der Waals surface area (Å²) in [5.74, 6) is 0.720. The van der Waals surface area contributed by atoms with Crippen molar-refractivity contribution in [2.45, 2.75) is 13.8 Å². The summed E-state index contributed by atoms with van der Waals surface area (Å²) in [5, 5.41) is 0.238. The highest BCUT2D eigenvalue weighted by molar-refractivity contribution is 6.28. The van der Waals surface area contributed by atoms with Gasteiger partial charge in [0.2, 0.25) is 5.28 Å². The molecule has 0 saturated carbocycles. The molecule has 17 heavy (non-hydrogen) atoms. The van der Waals surface area contributed by atoms with E-state index in [2.05, 4.69) is 15.0 Å². The summed E-state index contributed by atoms with van der Waals surface area (Å²) >= 11 is 5.83. The van der Waals surface area contributed by atoms with Gasteiger partial charge in [-0.1, -0.05) is 0 Å². The summed E-state index contributed by atoms with van der Waals surface area (Å²) in [4.78, 5) is 12.3. The second kappa shape index (κ2) is 5.10. The van der Waals surface area contributed by atoms with Crippen LogP contribution < -0.4 is 4.74 Å². The first kappa shape index (κ1) is 11.8. The fourth-order valence-corrected chi connectivity index (χ4v) is 1.71. The number of rotatable bonds is 3. The molecule has 0 fully saturated rings. The van der Waals surface area contributed by atoms with Crippen molar-refractivity contribution in [3.8, 4) is 17.0 Å². The minimum absolute atomic E-state index is 0.238. The molecular weight excluding hydrogens is 238 g/mol. The van der Waals surface area contributed by atoms with Gasteiger partial charge in [0.1, 0.15) is 5.75 Å². The van der Waals surface area contributed by atoms with Gasteiger partial charge < -0.3 is 4.74 Å². The van der Waals surface area contributed by atoms with E-state index in [4.69, 9.17) is 16.3 Å². The van der Waals surface area contributed by atoms with Gasteiger partial charge in [0.05, 0.1) is 18.5 Å². The number of hydrogen-bond acceptors (Lipinski definition) is 4. The van der Waals surface area contributed by atoms with Crippen LogP contribution in [-0.4, -0.2) is 21.6 Å². The van der Waals surface area contributed by atoms with E-state index in [1.165, 1.54) is 0 Å². The van der Waals surface area contributed by atoms with Crippen LogP contribution in [0.1, 0.15) is 12.6 Å². The molecule has 0 aromatic carbocycles. The van der Waals surface area contributed by atoms with Gasteiger partial charge in [-0.05, 0) is 37.6 Å². The lowest BCUT2D eigenvalue weighted by atomic mass is 10.2. The van der Waals surface area contributed by atoms with Gasteiger partial charge >= 0.3 is 0 Å². The van der Waals surface area contributed by atoms with Crippen LogP contribution in [0.2, 0.25) is 5.28 Å². The first-order chi connectivity index (χ1) is 8.19. The zero-order valence-corrected chi connectivity index (χ0v) is 10.4. The van der Waals surface area contributed by atoms with Crippen LogP contribution >= 0.6 is 11.6 Å².